The summed E-state index contributed by atoms with van der Waals surface area (Å²) in [5.74, 6) is -0.914. The van der Waals surface area contributed by atoms with Crippen LogP contribution in [0.3, 0.4) is 0 Å². The van der Waals surface area contributed by atoms with Crippen LogP contribution in [0.2, 0.25) is 5.02 Å². The minimum absolute atomic E-state index is 0.00601. The van der Waals surface area contributed by atoms with Crippen molar-refractivity contribution in [2.75, 3.05) is 19.8 Å². The molecule has 1 N–H and O–H groups in total. The average Bonchev–Trinajstić information content (AvgIpc) is 3.07. The number of halogens is 1. The first-order valence-electron chi connectivity index (χ1n) is 11.7. The van der Waals surface area contributed by atoms with E-state index in [0.717, 1.165) is 19.3 Å². The van der Waals surface area contributed by atoms with Crippen LogP contribution in [-0.4, -0.2) is 47.6 Å². The van der Waals surface area contributed by atoms with Crippen molar-refractivity contribution in [2.24, 2.45) is 0 Å². The molecule has 1 saturated heterocycles. The first kappa shape index (κ1) is 25.8. The van der Waals surface area contributed by atoms with Crippen LogP contribution in [0.15, 0.2) is 54.1 Å². The Bertz CT molecular complexity index is 1010. The second-order valence-electron chi connectivity index (χ2n) is 8.54. The number of unbranched alkanes of at least 4 members (excludes halogenated alkanes) is 2. The Kier molecular flexibility index (Phi) is 9.13. The molecule has 3 rings (SSSR count). The Morgan fingerprint density at radius 3 is 2.32 bits per heavy atom. The fourth-order valence-electron chi connectivity index (χ4n) is 3.90. The van der Waals surface area contributed by atoms with E-state index in [1.807, 2.05) is 13.8 Å². The summed E-state index contributed by atoms with van der Waals surface area (Å²) in [7, 11) is 0. The highest BCUT2D eigenvalue weighted by molar-refractivity contribution is 6.46. The van der Waals surface area contributed by atoms with Gasteiger partial charge in [-0.2, -0.15) is 0 Å². The maximum atomic E-state index is 13.0. The molecule has 6 nitrogen and oxygen atoms in total. The normalized spacial score (nSPS) is 17.6. The highest BCUT2D eigenvalue weighted by atomic mass is 35.5. The van der Waals surface area contributed by atoms with Gasteiger partial charge in [-0.3, -0.25) is 9.59 Å². The number of nitrogens with zero attached hydrogens (tertiary/aromatic N) is 1. The van der Waals surface area contributed by atoms with E-state index in [-0.39, 0.29) is 30.6 Å². The second kappa shape index (κ2) is 12.0. The SMILES string of the molecule is CCCCCOc1ccc(/C(O)=C2/C(=O)C(=O)N(CCOC(C)C)C2c2ccc(Cl)cc2)cc1. The molecule has 1 unspecified atom stereocenters. The van der Waals surface area contributed by atoms with Crippen molar-refractivity contribution in [3.05, 3.63) is 70.3 Å². The monoisotopic (exact) mass is 485 g/mol. The lowest BCUT2D eigenvalue weighted by molar-refractivity contribution is -0.140. The average molecular weight is 486 g/mol. The summed E-state index contributed by atoms with van der Waals surface area (Å²) in [4.78, 5) is 27.4. The van der Waals surface area contributed by atoms with Gasteiger partial charge in [0.05, 0.1) is 30.9 Å². The first-order valence-corrected chi connectivity index (χ1v) is 12.1. The number of benzene rings is 2. The lowest BCUT2D eigenvalue weighted by atomic mass is 9.95. The minimum atomic E-state index is -0.738. The number of aliphatic hydroxyl groups is 1. The zero-order valence-electron chi connectivity index (χ0n) is 19.9. The zero-order valence-corrected chi connectivity index (χ0v) is 20.7. The molecule has 0 saturated carbocycles. The van der Waals surface area contributed by atoms with Crippen molar-refractivity contribution in [3.8, 4) is 5.75 Å². The number of carbonyl (C=O) groups excluding carboxylic acids is 2. The van der Waals surface area contributed by atoms with E-state index in [2.05, 4.69) is 6.92 Å². The fourth-order valence-corrected chi connectivity index (χ4v) is 4.02. The van der Waals surface area contributed by atoms with E-state index >= 15 is 0 Å². The number of ether oxygens (including phenoxy) is 2. The van der Waals surface area contributed by atoms with Crippen molar-refractivity contribution in [3.63, 3.8) is 0 Å². The van der Waals surface area contributed by atoms with Crippen LogP contribution < -0.4 is 4.74 Å². The lowest BCUT2D eigenvalue weighted by Crippen LogP contribution is -2.33. The van der Waals surface area contributed by atoms with E-state index in [1.165, 1.54) is 4.90 Å². The van der Waals surface area contributed by atoms with Crippen LogP contribution in [-0.2, 0) is 14.3 Å². The molecule has 34 heavy (non-hydrogen) atoms. The second-order valence-corrected chi connectivity index (χ2v) is 8.98. The van der Waals surface area contributed by atoms with Gasteiger partial charge in [-0.15, -0.1) is 0 Å². The Hall–Kier alpha value is -2.83. The van der Waals surface area contributed by atoms with Crippen LogP contribution in [0, 0.1) is 0 Å². The van der Waals surface area contributed by atoms with Crippen LogP contribution in [0.4, 0.5) is 0 Å². The summed E-state index contributed by atoms with van der Waals surface area (Å²) in [6.07, 6.45) is 3.19. The first-order chi connectivity index (χ1) is 16.3. The van der Waals surface area contributed by atoms with E-state index in [0.29, 0.717) is 28.5 Å². The van der Waals surface area contributed by atoms with Crippen LogP contribution in [0.5, 0.6) is 5.75 Å². The van der Waals surface area contributed by atoms with E-state index in [4.69, 9.17) is 21.1 Å². The number of hydrogen-bond acceptors (Lipinski definition) is 5. The predicted molar refractivity (Wildman–Crippen MR) is 133 cm³/mol. The van der Waals surface area contributed by atoms with Crippen molar-refractivity contribution < 1.29 is 24.2 Å². The van der Waals surface area contributed by atoms with Crippen LogP contribution >= 0.6 is 11.6 Å². The number of amides is 1. The van der Waals surface area contributed by atoms with Gasteiger partial charge in [-0.05, 0) is 62.2 Å². The van der Waals surface area contributed by atoms with Gasteiger partial charge in [0, 0.05) is 17.1 Å². The predicted octanol–water partition coefficient (Wildman–Crippen LogP) is 5.76. The van der Waals surface area contributed by atoms with Crippen molar-refractivity contribution in [2.45, 2.75) is 52.2 Å². The molecule has 1 aliphatic rings. The molecule has 7 heteroatoms. The maximum Gasteiger partial charge on any atom is 0.295 e. The molecular weight excluding hydrogens is 454 g/mol. The van der Waals surface area contributed by atoms with Gasteiger partial charge < -0.3 is 19.5 Å². The molecule has 182 valence electrons. The summed E-state index contributed by atoms with van der Waals surface area (Å²) in [5.41, 5.74) is 1.18. The number of rotatable bonds is 11. The number of aliphatic hydroxyl groups excluding tert-OH is 1. The lowest BCUT2D eigenvalue weighted by Gasteiger charge is -2.25. The molecule has 1 atom stereocenters. The third-order valence-corrected chi connectivity index (χ3v) is 5.91. The van der Waals surface area contributed by atoms with Crippen molar-refractivity contribution in [1.82, 2.24) is 4.90 Å². The fraction of sp³-hybridized carbons (Fsp3) is 0.407. The number of carbonyl (C=O) groups is 2. The Balaban J connectivity index is 1.93. The zero-order chi connectivity index (χ0) is 24.7. The molecule has 1 amide bonds. The maximum absolute atomic E-state index is 13.0. The largest absolute Gasteiger partial charge is 0.507 e. The Morgan fingerprint density at radius 2 is 1.71 bits per heavy atom. The third kappa shape index (κ3) is 6.19. The smallest absolute Gasteiger partial charge is 0.295 e. The molecule has 2 aromatic rings. The van der Waals surface area contributed by atoms with Gasteiger partial charge in [0.15, 0.2) is 0 Å². The quantitative estimate of drug-likeness (QED) is 0.189. The summed E-state index contributed by atoms with van der Waals surface area (Å²) in [6.45, 7) is 7.06. The molecule has 0 spiro atoms. The number of likely N-dealkylation sites (tertiary alicyclic amines) is 1. The standard InChI is InChI=1S/C27H32ClNO5/c1-4-5-6-16-34-22-13-9-20(10-14-22)25(30)23-24(19-7-11-21(28)12-8-19)29(27(32)26(23)31)15-17-33-18(2)3/h7-14,18,24,30H,4-6,15-17H2,1-3H3/b25-23-. The summed E-state index contributed by atoms with van der Waals surface area (Å²) < 4.78 is 11.3. The molecule has 0 radical (unpaired) electrons. The summed E-state index contributed by atoms with van der Waals surface area (Å²) in [5, 5.41) is 11.7. The van der Waals surface area contributed by atoms with Crippen molar-refractivity contribution >= 4 is 29.1 Å². The highest BCUT2D eigenvalue weighted by Gasteiger charge is 2.45. The Labute approximate surface area is 206 Å². The number of Topliss-reactive ketones (excluding diaryl/α,β-unsaturated/α-hetero) is 1. The van der Waals surface area contributed by atoms with Crippen LogP contribution in [0.1, 0.15) is 57.2 Å². The molecule has 0 aromatic heterocycles. The summed E-state index contributed by atoms with van der Waals surface area (Å²) in [6, 6.07) is 13.1. The number of hydrogen-bond donors (Lipinski definition) is 1. The van der Waals surface area contributed by atoms with E-state index < -0.39 is 17.7 Å². The summed E-state index contributed by atoms with van der Waals surface area (Å²) >= 11 is 6.05. The molecule has 0 bridgehead atoms. The molecule has 1 fully saturated rings. The molecule has 1 aliphatic heterocycles. The topological polar surface area (TPSA) is 76.1 Å². The minimum Gasteiger partial charge on any atom is -0.507 e. The third-order valence-electron chi connectivity index (χ3n) is 5.65. The van der Waals surface area contributed by atoms with Crippen LogP contribution in [0.25, 0.3) is 5.76 Å². The molecule has 2 aromatic carbocycles. The molecule has 1 heterocycles. The van der Waals surface area contributed by atoms with Gasteiger partial charge in [-0.25, -0.2) is 0 Å². The Morgan fingerprint density at radius 1 is 1.03 bits per heavy atom. The molecular formula is C27H32ClNO5. The van der Waals surface area contributed by atoms with E-state index in [9.17, 15) is 14.7 Å². The van der Waals surface area contributed by atoms with Crippen molar-refractivity contribution in [1.29, 1.82) is 0 Å². The highest BCUT2D eigenvalue weighted by Crippen LogP contribution is 2.39. The van der Waals surface area contributed by atoms with E-state index in [1.54, 1.807) is 48.5 Å². The van der Waals surface area contributed by atoms with Gasteiger partial charge in [0.2, 0.25) is 0 Å². The van der Waals surface area contributed by atoms with Gasteiger partial charge >= 0.3 is 0 Å². The number of ketones is 1. The van der Waals surface area contributed by atoms with Gasteiger partial charge in [0.1, 0.15) is 11.5 Å². The molecule has 0 aliphatic carbocycles. The van der Waals surface area contributed by atoms with Gasteiger partial charge in [-0.1, -0.05) is 43.5 Å². The van der Waals surface area contributed by atoms with Gasteiger partial charge in [0.25, 0.3) is 11.7 Å².